The number of ether oxygens (including phenoxy) is 2. The Hall–Kier alpha value is -2.94. The van der Waals surface area contributed by atoms with Gasteiger partial charge in [-0.15, -0.1) is 0 Å². The highest BCUT2D eigenvalue weighted by Crippen LogP contribution is 2.31. The Kier molecular flexibility index (Phi) is 6.45. The van der Waals surface area contributed by atoms with Crippen LogP contribution in [-0.2, 0) is 14.8 Å². The van der Waals surface area contributed by atoms with Gasteiger partial charge < -0.3 is 14.8 Å². The zero-order valence-electron chi connectivity index (χ0n) is 18.1. The van der Waals surface area contributed by atoms with Crippen LogP contribution in [0, 0.1) is 0 Å². The number of nitrogens with one attached hydrogen (secondary N) is 1. The minimum atomic E-state index is -3.66. The SMILES string of the molecule is COc1ccc(NC(=O)c2ccc(S(=O)(=O)N(C)CC3CCCO3)cc2)c2ccccc12. The summed E-state index contributed by atoms with van der Waals surface area (Å²) in [6.07, 6.45) is 1.74. The first-order chi connectivity index (χ1) is 15.4. The predicted octanol–water partition coefficient (Wildman–Crippen LogP) is 3.90. The fourth-order valence-corrected chi connectivity index (χ4v) is 5.09. The number of carbonyl (C=O) groups excluding carboxylic acids is 1. The summed E-state index contributed by atoms with van der Waals surface area (Å²) in [6.45, 7) is 0.987. The summed E-state index contributed by atoms with van der Waals surface area (Å²) < 4.78 is 38.0. The molecule has 0 bridgehead atoms. The van der Waals surface area contributed by atoms with Gasteiger partial charge in [0.1, 0.15) is 5.75 Å². The summed E-state index contributed by atoms with van der Waals surface area (Å²) in [7, 11) is -0.504. The molecule has 7 nitrogen and oxygen atoms in total. The summed E-state index contributed by atoms with van der Waals surface area (Å²) in [4.78, 5) is 13.0. The van der Waals surface area contributed by atoms with Crippen LogP contribution in [0.5, 0.6) is 5.75 Å². The number of fused-ring (bicyclic) bond motifs is 1. The highest BCUT2D eigenvalue weighted by molar-refractivity contribution is 7.89. The number of likely N-dealkylation sites (N-methyl/N-ethyl adjacent to an activating group) is 1. The van der Waals surface area contributed by atoms with Crippen LogP contribution in [0.25, 0.3) is 10.8 Å². The summed E-state index contributed by atoms with van der Waals surface area (Å²) in [5.74, 6) is 0.400. The number of methoxy groups -OCH3 is 1. The van der Waals surface area contributed by atoms with E-state index in [1.54, 1.807) is 26.3 Å². The van der Waals surface area contributed by atoms with Crippen LogP contribution < -0.4 is 10.1 Å². The van der Waals surface area contributed by atoms with Gasteiger partial charge in [-0.25, -0.2) is 8.42 Å². The third-order valence-corrected chi connectivity index (χ3v) is 7.50. The molecule has 3 aromatic carbocycles. The molecule has 0 aliphatic carbocycles. The van der Waals surface area contributed by atoms with Gasteiger partial charge in [-0.2, -0.15) is 4.31 Å². The standard InChI is InChI=1S/C24H26N2O5S/c1-26(16-18-6-5-15-31-18)32(28,29)19-11-9-17(10-12-19)24(27)25-22-13-14-23(30-2)21-8-4-3-7-20(21)22/h3-4,7-14,18H,5-6,15-16H2,1-2H3,(H,25,27). The quantitative estimate of drug-likeness (QED) is 0.585. The summed E-state index contributed by atoms with van der Waals surface area (Å²) in [6, 6.07) is 17.2. The predicted molar refractivity (Wildman–Crippen MR) is 124 cm³/mol. The molecule has 4 rings (SSSR count). The van der Waals surface area contributed by atoms with Crippen molar-refractivity contribution in [1.82, 2.24) is 4.31 Å². The number of nitrogens with zero attached hydrogens (tertiary/aromatic N) is 1. The van der Waals surface area contributed by atoms with Gasteiger partial charge in [0.2, 0.25) is 10.0 Å². The van der Waals surface area contributed by atoms with Crippen molar-refractivity contribution in [2.24, 2.45) is 0 Å². The minimum absolute atomic E-state index is 0.0702. The number of amides is 1. The number of hydrogen-bond donors (Lipinski definition) is 1. The molecule has 3 aromatic rings. The average molecular weight is 455 g/mol. The van der Waals surface area contributed by atoms with Crippen molar-refractivity contribution in [1.29, 1.82) is 0 Å². The number of carbonyl (C=O) groups is 1. The van der Waals surface area contributed by atoms with Crippen LogP contribution >= 0.6 is 0 Å². The zero-order valence-corrected chi connectivity index (χ0v) is 18.9. The molecule has 168 valence electrons. The van der Waals surface area contributed by atoms with Gasteiger partial charge in [-0.1, -0.05) is 24.3 Å². The molecular formula is C24H26N2O5S. The van der Waals surface area contributed by atoms with Gasteiger partial charge in [-0.3, -0.25) is 4.79 Å². The molecule has 1 atom stereocenters. The van der Waals surface area contributed by atoms with Crippen molar-refractivity contribution in [3.05, 3.63) is 66.2 Å². The molecule has 1 heterocycles. The molecule has 8 heteroatoms. The maximum atomic E-state index is 12.9. The lowest BCUT2D eigenvalue weighted by Gasteiger charge is -2.20. The van der Waals surface area contributed by atoms with E-state index in [0.29, 0.717) is 24.4 Å². The normalized spacial score (nSPS) is 16.4. The molecule has 1 unspecified atom stereocenters. The van der Waals surface area contributed by atoms with E-state index in [4.69, 9.17) is 9.47 Å². The third-order valence-electron chi connectivity index (χ3n) is 5.66. The Bertz CT molecular complexity index is 1220. The van der Waals surface area contributed by atoms with Crippen LogP contribution in [0.4, 0.5) is 5.69 Å². The smallest absolute Gasteiger partial charge is 0.255 e. The fourth-order valence-electron chi connectivity index (χ4n) is 3.88. The number of sulfonamides is 1. The van der Waals surface area contributed by atoms with E-state index >= 15 is 0 Å². The molecule has 1 N–H and O–H groups in total. The number of benzene rings is 3. The van der Waals surface area contributed by atoms with Crippen molar-refractivity contribution in [2.45, 2.75) is 23.8 Å². The van der Waals surface area contributed by atoms with Crippen LogP contribution in [0.15, 0.2) is 65.6 Å². The molecule has 0 radical (unpaired) electrons. The molecule has 0 spiro atoms. The highest BCUT2D eigenvalue weighted by Gasteiger charge is 2.26. The van der Waals surface area contributed by atoms with Gasteiger partial charge >= 0.3 is 0 Å². The maximum Gasteiger partial charge on any atom is 0.255 e. The molecule has 32 heavy (non-hydrogen) atoms. The fraction of sp³-hybridized carbons (Fsp3) is 0.292. The van der Waals surface area contributed by atoms with Crippen LogP contribution in [0.3, 0.4) is 0 Å². The van der Waals surface area contributed by atoms with E-state index in [2.05, 4.69) is 5.32 Å². The molecule has 1 fully saturated rings. The lowest BCUT2D eigenvalue weighted by atomic mass is 10.1. The zero-order chi connectivity index (χ0) is 22.7. The monoisotopic (exact) mass is 454 g/mol. The number of rotatable bonds is 7. The van der Waals surface area contributed by atoms with Crippen LogP contribution in [0.1, 0.15) is 23.2 Å². The highest BCUT2D eigenvalue weighted by atomic mass is 32.2. The Morgan fingerprint density at radius 3 is 2.47 bits per heavy atom. The Morgan fingerprint density at radius 2 is 1.81 bits per heavy atom. The van der Waals surface area contributed by atoms with Crippen molar-refractivity contribution in [3.8, 4) is 5.75 Å². The molecule has 0 saturated carbocycles. The Labute approximate surface area is 188 Å². The van der Waals surface area contributed by atoms with Gasteiger partial charge in [0.25, 0.3) is 5.91 Å². The second kappa shape index (κ2) is 9.28. The summed E-state index contributed by atoms with van der Waals surface area (Å²) >= 11 is 0. The first kappa shape index (κ1) is 22.3. The first-order valence-electron chi connectivity index (χ1n) is 10.5. The van der Waals surface area contributed by atoms with Crippen molar-refractivity contribution in [3.63, 3.8) is 0 Å². The van der Waals surface area contributed by atoms with E-state index in [1.807, 2.05) is 24.3 Å². The second-order valence-corrected chi connectivity index (χ2v) is 9.80. The van der Waals surface area contributed by atoms with Gasteiger partial charge in [-0.05, 0) is 49.2 Å². The minimum Gasteiger partial charge on any atom is -0.496 e. The molecule has 1 saturated heterocycles. The maximum absolute atomic E-state index is 12.9. The second-order valence-electron chi connectivity index (χ2n) is 7.76. The van der Waals surface area contributed by atoms with Gasteiger partial charge in [0, 0.05) is 42.2 Å². The first-order valence-corrected chi connectivity index (χ1v) is 11.9. The van der Waals surface area contributed by atoms with Crippen LogP contribution in [-0.4, -0.2) is 52.0 Å². The topological polar surface area (TPSA) is 84.9 Å². The van der Waals surface area contributed by atoms with Crippen molar-refractivity contribution in [2.75, 3.05) is 32.6 Å². The molecule has 0 aromatic heterocycles. The van der Waals surface area contributed by atoms with Gasteiger partial charge in [0.05, 0.1) is 18.1 Å². The Morgan fingerprint density at radius 1 is 1.09 bits per heavy atom. The number of anilines is 1. The third kappa shape index (κ3) is 4.48. The van der Waals surface area contributed by atoms with Crippen molar-refractivity contribution < 1.29 is 22.7 Å². The van der Waals surface area contributed by atoms with Crippen LogP contribution in [0.2, 0.25) is 0 Å². The Balaban J connectivity index is 1.51. The average Bonchev–Trinajstić information content (AvgIpc) is 3.32. The van der Waals surface area contributed by atoms with E-state index in [1.165, 1.54) is 28.6 Å². The van der Waals surface area contributed by atoms with E-state index < -0.39 is 10.0 Å². The summed E-state index contributed by atoms with van der Waals surface area (Å²) in [5.41, 5.74) is 1.02. The van der Waals surface area contributed by atoms with Crippen molar-refractivity contribution >= 4 is 32.4 Å². The van der Waals surface area contributed by atoms with E-state index in [9.17, 15) is 13.2 Å². The lowest BCUT2D eigenvalue weighted by molar-refractivity contribution is 0.0979. The lowest BCUT2D eigenvalue weighted by Crippen LogP contribution is -2.34. The van der Waals surface area contributed by atoms with E-state index in [-0.39, 0.29) is 16.9 Å². The van der Waals surface area contributed by atoms with E-state index in [0.717, 1.165) is 29.4 Å². The molecule has 1 aliphatic heterocycles. The molecule has 1 amide bonds. The molecular weight excluding hydrogens is 428 g/mol. The summed E-state index contributed by atoms with van der Waals surface area (Å²) in [5, 5.41) is 4.66. The van der Waals surface area contributed by atoms with Gasteiger partial charge in [0.15, 0.2) is 0 Å². The molecule has 1 aliphatic rings. The number of hydrogen-bond acceptors (Lipinski definition) is 5. The largest absolute Gasteiger partial charge is 0.496 e.